The number of halogens is 1. The summed E-state index contributed by atoms with van der Waals surface area (Å²) >= 11 is 0. The molecule has 3 N–H and O–H groups in total. The lowest BCUT2D eigenvalue weighted by Gasteiger charge is -2.45. The van der Waals surface area contributed by atoms with Crippen molar-refractivity contribution in [3.8, 4) is 5.75 Å². The van der Waals surface area contributed by atoms with Gasteiger partial charge in [0.15, 0.2) is 0 Å². The Kier molecular flexibility index (Phi) is 6.97. The van der Waals surface area contributed by atoms with Gasteiger partial charge in [0.2, 0.25) is 0 Å². The molecular weight excluding hydrogens is 372 g/mol. The molecule has 2 atom stereocenters. The van der Waals surface area contributed by atoms with Crippen molar-refractivity contribution < 1.29 is 9.53 Å². The highest BCUT2D eigenvalue weighted by Crippen LogP contribution is 2.39. The average Bonchev–Trinajstić information content (AvgIpc) is 2.68. The molecule has 2 bridgehead atoms. The predicted octanol–water partition coefficient (Wildman–Crippen LogP) is 4.32. The number of amides is 1. The molecule has 2 aromatic rings. The molecule has 5 heteroatoms. The number of ether oxygens (including phenoxy) is 1. The molecule has 0 spiro atoms. The van der Waals surface area contributed by atoms with Gasteiger partial charge in [-0.25, -0.2) is 0 Å². The first-order chi connectivity index (χ1) is 13.2. The van der Waals surface area contributed by atoms with E-state index in [1.54, 1.807) is 0 Å². The molecule has 0 saturated heterocycles. The quantitative estimate of drug-likeness (QED) is 0.785. The van der Waals surface area contributed by atoms with Crippen LogP contribution in [-0.2, 0) is 6.61 Å². The van der Waals surface area contributed by atoms with Gasteiger partial charge >= 0.3 is 0 Å². The lowest BCUT2D eigenvalue weighted by atomic mass is 9.67. The van der Waals surface area contributed by atoms with Crippen LogP contribution in [0.5, 0.6) is 5.75 Å². The van der Waals surface area contributed by atoms with Gasteiger partial charge in [0, 0.05) is 23.2 Å². The Morgan fingerprint density at radius 2 is 1.64 bits per heavy atom. The van der Waals surface area contributed by atoms with Crippen molar-refractivity contribution in [1.82, 2.24) is 5.32 Å². The summed E-state index contributed by atoms with van der Waals surface area (Å²) in [5.41, 5.74) is 7.84. The molecule has 2 saturated carbocycles. The van der Waals surface area contributed by atoms with Gasteiger partial charge in [-0.15, -0.1) is 12.4 Å². The van der Waals surface area contributed by atoms with E-state index >= 15 is 0 Å². The summed E-state index contributed by atoms with van der Waals surface area (Å²) in [6.07, 6.45) is 5.66. The molecule has 4 rings (SSSR count). The molecule has 0 aromatic heterocycles. The Bertz CT molecular complexity index is 769. The zero-order valence-corrected chi connectivity index (χ0v) is 16.9. The number of nitrogens with one attached hydrogen (secondary N) is 1. The van der Waals surface area contributed by atoms with E-state index in [0.717, 1.165) is 24.2 Å². The maximum atomic E-state index is 13.1. The van der Waals surface area contributed by atoms with E-state index in [9.17, 15) is 4.79 Å². The summed E-state index contributed by atoms with van der Waals surface area (Å²) in [6, 6.07) is 18.0. The Labute approximate surface area is 173 Å². The Hall–Kier alpha value is -2.04. The highest BCUT2D eigenvalue weighted by atomic mass is 35.5. The fourth-order valence-corrected chi connectivity index (χ4v) is 4.80. The van der Waals surface area contributed by atoms with Crippen LogP contribution in [0.4, 0.5) is 0 Å². The highest BCUT2D eigenvalue weighted by Gasteiger charge is 2.40. The smallest absolute Gasteiger partial charge is 0.251 e. The van der Waals surface area contributed by atoms with Crippen molar-refractivity contribution in [2.24, 2.45) is 17.6 Å². The zero-order chi connectivity index (χ0) is 18.6. The second-order valence-corrected chi connectivity index (χ2v) is 7.94. The van der Waals surface area contributed by atoms with Crippen LogP contribution in [0.25, 0.3) is 0 Å². The van der Waals surface area contributed by atoms with Crippen LogP contribution in [0, 0.1) is 11.8 Å². The molecule has 150 valence electrons. The minimum Gasteiger partial charge on any atom is -0.489 e. The van der Waals surface area contributed by atoms with Crippen LogP contribution in [0.1, 0.15) is 48.0 Å². The Balaban J connectivity index is 0.00000225. The first kappa shape index (κ1) is 20.7. The summed E-state index contributed by atoms with van der Waals surface area (Å²) < 4.78 is 5.86. The lowest BCUT2D eigenvalue weighted by Crippen LogP contribution is -2.53. The van der Waals surface area contributed by atoms with Gasteiger partial charge in [-0.3, -0.25) is 4.79 Å². The van der Waals surface area contributed by atoms with Crippen LogP contribution >= 0.6 is 12.4 Å². The van der Waals surface area contributed by atoms with Gasteiger partial charge in [0.25, 0.3) is 5.91 Å². The molecule has 4 nitrogen and oxygen atoms in total. The number of hydrogen-bond acceptors (Lipinski definition) is 3. The summed E-state index contributed by atoms with van der Waals surface area (Å²) in [5.74, 6) is 1.86. The fourth-order valence-electron chi connectivity index (χ4n) is 4.80. The Morgan fingerprint density at radius 1 is 1.00 bits per heavy atom. The number of hydrogen-bond donors (Lipinski definition) is 2. The third kappa shape index (κ3) is 4.68. The molecule has 1 amide bonds. The highest BCUT2D eigenvalue weighted by molar-refractivity contribution is 5.95. The molecular formula is C23H29ClN2O2. The van der Waals surface area contributed by atoms with Crippen molar-refractivity contribution in [1.29, 1.82) is 0 Å². The van der Waals surface area contributed by atoms with E-state index in [-0.39, 0.29) is 24.4 Å². The minimum atomic E-state index is 0. The van der Waals surface area contributed by atoms with Crippen LogP contribution in [0.3, 0.4) is 0 Å². The average molecular weight is 401 g/mol. The molecule has 2 aliphatic carbocycles. The molecule has 0 aliphatic heterocycles. The van der Waals surface area contributed by atoms with Crippen molar-refractivity contribution in [2.45, 2.75) is 50.8 Å². The van der Waals surface area contributed by atoms with Gasteiger partial charge in [-0.2, -0.15) is 0 Å². The summed E-state index contributed by atoms with van der Waals surface area (Å²) in [5, 5.41) is 3.35. The number of benzene rings is 2. The first-order valence-corrected chi connectivity index (χ1v) is 10.0. The fraction of sp³-hybridized carbons (Fsp3) is 0.435. The monoisotopic (exact) mass is 400 g/mol. The second-order valence-electron chi connectivity index (χ2n) is 7.94. The van der Waals surface area contributed by atoms with Crippen LogP contribution in [0.2, 0.25) is 0 Å². The number of rotatable bonds is 5. The van der Waals surface area contributed by atoms with Crippen molar-refractivity contribution in [2.75, 3.05) is 0 Å². The normalized spacial score (nSPS) is 26.0. The molecule has 2 unspecified atom stereocenters. The summed E-state index contributed by atoms with van der Waals surface area (Å²) in [6.45, 7) is 0.385. The van der Waals surface area contributed by atoms with Gasteiger partial charge in [-0.05, 0) is 55.7 Å². The third-order valence-corrected chi connectivity index (χ3v) is 6.07. The van der Waals surface area contributed by atoms with Crippen LogP contribution < -0.4 is 15.8 Å². The van der Waals surface area contributed by atoms with Gasteiger partial charge in [0.1, 0.15) is 12.4 Å². The predicted molar refractivity (Wildman–Crippen MR) is 114 cm³/mol. The van der Waals surface area contributed by atoms with Gasteiger partial charge in [0.05, 0.1) is 0 Å². The number of carbonyl (C=O) groups is 1. The van der Waals surface area contributed by atoms with Gasteiger partial charge in [-0.1, -0.05) is 42.8 Å². The number of nitrogens with two attached hydrogens (primary N) is 1. The standard InChI is InChI=1S/C23H28N2O2.ClH/c24-19-13-16-8-6-9-17(14-19)22(16)25-23(26)21-12-5-4-7-18(21)15-27-20-10-2-1-3-11-20;/h1-5,7,10-12,16-17,19,22H,6,8-9,13-15,24H2,(H,25,26);1H. The van der Waals surface area contributed by atoms with Crippen LogP contribution in [0.15, 0.2) is 54.6 Å². The van der Waals surface area contributed by atoms with Gasteiger partial charge < -0.3 is 15.8 Å². The first-order valence-electron chi connectivity index (χ1n) is 10.0. The van der Waals surface area contributed by atoms with E-state index in [0.29, 0.717) is 30.0 Å². The molecule has 2 aliphatic rings. The summed E-state index contributed by atoms with van der Waals surface area (Å²) in [7, 11) is 0. The number of carbonyl (C=O) groups excluding carboxylic acids is 1. The maximum absolute atomic E-state index is 13.1. The maximum Gasteiger partial charge on any atom is 0.251 e. The van der Waals surface area contributed by atoms with Crippen molar-refractivity contribution in [3.05, 3.63) is 65.7 Å². The number of fused-ring (bicyclic) bond motifs is 2. The van der Waals surface area contributed by atoms with Crippen LogP contribution in [-0.4, -0.2) is 18.0 Å². The minimum absolute atomic E-state index is 0. The third-order valence-electron chi connectivity index (χ3n) is 6.07. The van der Waals surface area contributed by atoms with E-state index in [4.69, 9.17) is 10.5 Å². The van der Waals surface area contributed by atoms with E-state index in [1.807, 2.05) is 54.6 Å². The second kappa shape index (κ2) is 9.44. The lowest BCUT2D eigenvalue weighted by molar-refractivity contribution is 0.0754. The SMILES string of the molecule is Cl.NC1CC2CCCC(C1)C2NC(=O)c1ccccc1COc1ccccc1. The molecule has 2 fully saturated rings. The topological polar surface area (TPSA) is 64.3 Å². The van der Waals surface area contributed by atoms with E-state index < -0.39 is 0 Å². The number of para-hydroxylation sites is 1. The Morgan fingerprint density at radius 3 is 2.36 bits per heavy atom. The van der Waals surface area contributed by atoms with Crippen molar-refractivity contribution in [3.63, 3.8) is 0 Å². The van der Waals surface area contributed by atoms with Crippen molar-refractivity contribution >= 4 is 18.3 Å². The zero-order valence-electron chi connectivity index (χ0n) is 16.1. The van der Waals surface area contributed by atoms with E-state index in [1.165, 1.54) is 19.3 Å². The largest absolute Gasteiger partial charge is 0.489 e. The molecule has 2 aromatic carbocycles. The molecule has 28 heavy (non-hydrogen) atoms. The summed E-state index contributed by atoms with van der Waals surface area (Å²) in [4.78, 5) is 13.1. The molecule has 0 radical (unpaired) electrons. The van der Waals surface area contributed by atoms with E-state index in [2.05, 4.69) is 5.32 Å². The molecule has 0 heterocycles.